The Hall–Kier alpha value is -1.45. The van der Waals surface area contributed by atoms with Crippen LogP contribution < -0.4 is 0 Å². The summed E-state index contributed by atoms with van der Waals surface area (Å²) in [6.45, 7) is 8.08. The smallest absolute Gasteiger partial charge is 0.331 e. The minimum absolute atomic E-state index is 0.167. The zero-order chi connectivity index (χ0) is 12.9. The van der Waals surface area contributed by atoms with Crippen LogP contribution in [0, 0.1) is 5.41 Å². The average Bonchev–Trinajstić information content (AvgIpc) is 2.12. The summed E-state index contributed by atoms with van der Waals surface area (Å²) in [5.41, 5.74) is -0.525. The molecule has 0 aliphatic rings. The molecule has 90 valence electrons. The van der Waals surface area contributed by atoms with Crippen LogP contribution in [0.4, 0.5) is 0 Å². The first-order valence-electron chi connectivity index (χ1n) is 5.08. The van der Waals surface area contributed by atoms with E-state index in [0.717, 1.165) is 6.08 Å². The molecular weight excluding hydrogens is 208 g/mol. The van der Waals surface area contributed by atoms with Crippen molar-refractivity contribution >= 4 is 17.5 Å². The first kappa shape index (κ1) is 14.6. The van der Waals surface area contributed by atoms with E-state index in [1.165, 1.54) is 19.9 Å². The minimum Gasteiger partial charge on any atom is -0.452 e. The number of allylic oxidation sites excluding steroid dienone is 1. The predicted molar refractivity (Wildman–Crippen MR) is 59.8 cm³/mol. The zero-order valence-electron chi connectivity index (χ0n) is 10.4. The number of Topliss-reactive ketones (excluding diaryl/α,β-unsaturated/α-hetero) is 1. The van der Waals surface area contributed by atoms with Gasteiger partial charge in [-0.2, -0.15) is 0 Å². The number of ketones is 2. The minimum atomic E-state index is -0.776. The van der Waals surface area contributed by atoms with E-state index in [2.05, 4.69) is 0 Å². The summed E-state index contributed by atoms with van der Waals surface area (Å²) in [7, 11) is 0. The summed E-state index contributed by atoms with van der Waals surface area (Å²) in [6.07, 6.45) is 1.45. The Balaban J connectivity index is 4.31. The highest BCUT2D eigenvalue weighted by Crippen LogP contribution is 2.14. The van der Waals surface area contributed by atoms with Crippen LogP contribution in [0.25, 0.3) is 0 Å². The normalized spacial score (nSPS) is 13.6. The summed E-state index contributed by atoms with van der Waals surface area (Å²) in [6, 6.07) is 0. The maximum Gasteiger partial charge on any atom is 0.331 e. The molecule has 0 amide bonds. The molecule has 0 saturated heterocycles. The Morgan fingerprint density at radius 1 is 1.12 bits per heavy atom. The topological polar surface area (TPSA) is 60.4 Å². The Labute approximate surface area is 95.7 Å². The molecule has 0 saturated carbocycles. The van der Waals surface area contributed by atoms with E-state index < -0.39 is 17.5 Å². The number of rotatable bonds is 4. The molecule has 4 nitrogen and oxygen atoms in total. The van der Waals surface area contributed by atoms with Crippen molar-refractivity contribution in [2.75, 3.05) is 0 Å². The molecule has 0 radical (unpaired) electrons. The third-order valence-electron chi connectivity index (χ3n) is 1.98. The number of ether oxygens (including phenoxy) is 1. The van der Waals surface area contributed by atoms with Crippen molar-refractivity contribution in [2.24, 2.45) is 5.41 Å². The largest absolute Gasteiger partial charge is 0.452 e. The van der Waals surface area contributed by atoms with Crippen molar-refractivity contribution in [1.29, 1.82) is 0 Å². The predicted octanol–water partition coefficient (Wildman–Crippen LogP) is 1.68. The molecule has 16 heavy (non-hydrogen) atoms. The lowest BCUT2D eigenvalue weighted by Crippen LogP contribution is -2.21. The van der Waals surface area contributed by atoms with Crippen LogP contribution >= 0.6 is 0 Å². The van der Waals surface area contributed by atoms with E-state index in [1.807, 2.05) is 0 Å². The van der Waals surface area contributed by atoms with Crippen molar-refractivity contribution in [3.05, 3.63) is 12.2 Å². The van der Waals surface area contributed by atoms with Crippen LogP contribution in [0.5, 0.6) is 0 Å². The van der Waals surface area contributed by atoms with Crippen LogP contribution in [0.15, 0.2) is 12.2 Å². The second-order valence-corrected chi connectivity index (χ2v) is 4.64. The summed E-state index contributed by atoms with van der Waals surface area (Å²) in [5, 5.41) is 0. The lowest BCUT2D eigenvalue weighted by molar-refractivity contribution is -0.148. The fourth-order valence-corrected chi connectivity index (χ4v) is 0.690. The third-order valence-corrected chi connectivity index (χ3v) is 1.98. The van der Waals surface area contributed by atoms with Gasteiger partial charge in [-0.15, -0.1) is 0 Å². The molecule has 0 heterocycles. The highest BCUT2D eigenvalue weighted by molar-refractivity contribution is 5.99. The van der Waals surface area contributed by atoms with Crippen LogP contribution in [0.3, 0.4) is 0 Å². The summed E-state index contributed by atoms with van der Waals surface area (Å²) in [4.78, 5) is 33.4. The van der Waals surface area contributed by atoms with E-state index in [1.54, 1.807) is 20.8 Å². The molecule has 0 aliphatic heterocycles. The Bertz CT molecular complexity index is 320. The average molecular weight is 226 g/mol. The van der Waals surface area contributed by atoms with Crippen LogP contribution in [-0.2, 0) is 19.1 Å². The number of esters is 1. The molecule has 0 aromatic rings. The molecule has 0 fully saturated rings. The Morgan fingerprint density at radius 2 is 1.62 bits per heavy atom. The monoisotopic (exact) mass is 226 g/mol. The van der Waals surface area contributed by atoms with E-state index >= 15 is 0 Å². The molecule has 0 aromatic heterocycles. The van der Waals surface area contributed by atoms with Crippen molar-refractivity contribution in [2.45, 2.75) is 40.7 Å². The Kier molecular flexibility index (Phi) is 5.08. The van der Waals surface area contributed by atoms with Crippen LogP contribution in [0.1, 0.15) is 34.6 Å². The third kappa shape index (κ3) is 5.44. The number of hydrogen-bond acceptors (Lipinski definition) is 4. The molecule has 1 atom stereocenters. The SMILES string of the molecule is CC(=O)C(C)OC(=O)/C=C\C(=O)C(C)(C)C. The van der Waals surface area contributed by atoms with Gasteiger partial charge in [0.1, 0.15) is 0 Å². The van der Waals surface area contributed by atoms with Crippen molar-refractivity contribution in [3.63, 3.8) is 0 Å². The highest BCUT2D eigenvalue weighted by atomic mass is 16.5. The number of carbonyl (C=O) groups excluding carboxylic acids is 3. The van der Waals surface area contributed by atoms with Gasteiger partial charge in [0.25, 0.3) is 0 Å². The molecule has 0 aromatic carbocycles. The van der Waals surface area contributed by atoms with Gasteiger partial charge in [-0.1, -0.05) is 20.8 Å². The standard InChI is InChI=1S/C12H18O4/c1-8(13)9(2)16-11(15)7-6-10(14)12(3,4)5/h6-7,9H,1-5H3/b7-6-. The molecule has 0 spiro atoms. The van der Waals surface area contributed by atoms with Crippen LogP contribution in [-0.4, -0.2) is 23.6 Å². The molecule has 0 rings (SSSR count). The summed E-state index contributed by atoms with van der Waals surface area (Å²) < 4.78 is 4.75. The van der Waals surface area contributed by atoms with E-state index in [4.69, 9.17) is 4.74 Å². The molecule has 0 N–H and O–H groups in total. The molecule has 1 unspecified atom stereocenters. The van der Waals surface area contributed by atoms with E-state index in [0.29, 0.717) is 0 Å². The first-order chi connectivity index (χ1) is 7.14. The van der Waals surface area contributed by atoms with Crippen molar-refractivity contribution in [3.8, 4) is 0 Å². The lowest BCUT2D eigenvalue weighted by Gasteiger charge is -2.13. The lowest BCUT2D eigenvalue weighted by atomic mass is 9.91. The molecule has 0 aliphatic carbocycles. The quantitative estimate of drug-likeness (QED) is 0.540. The van der Waals surface area contributed by atoms with Gasteiger partial charge in [0.2, 0.25) is 0 Å². The second kappa shape index (κ2) is 5.58. The first-order valence-corrected chi connectivity index (χ1v) is 5.08. The van der Waals surface area contributed by atoms with Gasteiger partial charge >= 0.3 is 5.97 Å². The second-order valence-electron chi connectivity index (χ2n) is 4.64. The molecule has 0 bridgehead atoms. The van der Waals surface area contributed by atoms with Crippen molar-refractivity contribution in [1.82, 2.24) is 0 Å². The maximum absolute atomic E-state index is 11.4. The highest BCUT2D eigenvalue weighted by Gasteiger charge is 2.19. The molecule has 4 heteroatoms. The van der Waals surface area contributed by atoms with Gasteiger partial charge < -0.3 is 4.74 Å². The van der Waals surface area contributed by atoms with Crippen molar-refractivity contribution < 1.29 is 19.1 Å². The van der Waals surface area contributed by atoms with Crippen LogP contribution in [0.2, 0.25) is 0 Å². The van der Waals surface area contributed by atoms with Gasteiger partial charge in [-0.3, -0.25) is 9.59 Å². The fourth-order valence-electron chi connectivity index (χ4n) is 0.690. The zero-order valence-corrected chi connectivity index (χ0v) is 10.4. The van der Waals surface area contributed by atoms with E-state index in [9.17, 15) is 14.4 Å². The number of carbonyl (C=O) groups is 3. The van der Waals surface area contributed by atoms with E-state index in [-0.39, 0.29) is 11.6 Å². The summed E-state index contributed by atoms with van der Waals surface area (Å²) >= 11 is 0. The number of hydrogen-bond donors (Lipinski definition) is 0. The van der Waals surface area contributed by atoms with Gasteiger partial charge in [0.05, 0.1) is 0 Å². The maximum atomic E-state index is 11.4. The fraction of sp³-hybridized carbons (Fsp3) is 0.583. The van der Waals surface area contributed by atoms with Gasteiger partial charge in [0, 0.05) is 11.5 Å². The Morgan fingerprint density at radius 3 is 2.00 bits per heavy atom. The van der Waals surface area contributed by atoms with Gasteiger partial charge in [-0.25, -0.2) is 4.79 Å². The van der Waals surface area contributed by atoms with Gasteiger partial charge in [0.15, 0.2) is 17.7 Å². The molecular formula is C12H18O4. The van der Waals surface area contributed by atoms with Gasteiger partial charge in [-0.05, 0) is 19.9 Å². The summed E-state index contributed by atoms with van der Waals surface area (Å²) in [5.74, 6) is -1.08.